The number of hydrogen-bond donors (Lipinski definition) is 5. The van der Waals surface area contributed by atoms with Gasteiger partial charge in [0.15, 0.2) is 0 Å². The molecule has 2 amide bonds. The van der Waals surface area contributed by atoms with E-state index in [9.17, 15) is 14.7 Å². The molecule has 0 saturated carbocycles. The topological polar surface area (TPSA) is 130 Å². The van der Waals surface area contributed by atoms with Gasteiger partial charge in [-0.2, -0.15) is 0 Å². The Balaban J connectivity index is 3.65. The number of benzene rings is 1. The maximum atomic E-state index is 12.3. The third kappa shape index (κ3) is 4.93. The SMILES string of the molecule is CC(C)(C)c1cc([C@H](CC(=O)NN)C(=O)NN)cc(C(C)(C)C)c1O. The number of hydrazine groups is 2. The monoisotopic (exact) mass is 350 g/mol. The minimum absolute atomic E-state index is 0.141. The Morgan fingerprint density at radius 2 is 1.44 bits per heavy atom. The van der Waals surface area contributed by atoms with E-state index in [4.69, 9.17) is 11.7 Å². The van der Waals surface area contributed by atoms with Gasteiger partial charge in [0.05, 0.1) is 5.92 Å². The molecule has 7 nitrogen and oxygen atoms in total. The third-order valence-electron chi connectivity index (χ3n) is 4.16. The van der Waals surface area contributed by atoms with Crippen molar-refractivity contribution in [2.75, 3.05) is 0 Å². The highest BCUT2D eigenvalue weighted by Crippen LogP contribution is 2.41. The van der Waals surface area contributed by atoms with Gasteiger partial charge < -0.3 is 5.11 Å². The molecule has 0 unspecified atom stereocenters. The van der Waals surface area contributed by atoms with Crippen LogP contribution in [0.15, 0.2) is 12.1 Å². The number of hydrogen-bond acceptors (Lipinski definition) is 5. The molecule has 7 N–H and O–H groups in total. The lowest BCUT2D eigenvalue weighted by Gasteiger charge is -2.29. The maximum Gasteiger partial charge on any atom is 0.241 e. The molecule has 0 heterocycles. The Labute approximate surface area is 149 Å². The van der Waals surface area contributed by atoms with Crippen molar-refractivity contribution in [1.29, 1.82) is 0 Å². The van der Waals surface area contributed by atoms with Crippen LogP contribution in [-0.2, 0) is 20.4 Å². The van der Waals surface area contributed by atoms with E-state index in [0.29, 0.717) is 16.7 Å². The standard InChI is InChI=1S/C18H30N4O3/c1-17(2,3)12-7-10(8-13(15(12)24)18(4,5)6)11(16(25)22-20)9-14(23)21-19/h7-8,11,24H,9,19-20H2,1-6H3,(H,21,23)(H,22,25)/t11-/m0/s1. The lowest BCUT2D eigenvalue weighted by molar-refractivity contribution is -0.127. The zero-order valence-electron chi connectivity index (χ0n) is 15.9. The van der Waals surface area contributed by atoms with Crippen molar-refractivity contribution in [3.63, 3.8) is 0 Å². The number of aromatic hydroxyl groups is 1. The molecule has 140 valence electrons. The molecule has 0 radical (unpaired) electrons. The van der Waals surface area contributed by atoms with Gasteiger partial charge in [-0.3, -0.25) is 20.4 Å². The number of rotatable bonds is 4. The highest BCUT2D eigenvalue weighted by Gasteiger charge is 2.30. The molecule has 0 aliphatic rings. The second-order valence-electron chi connectivity index (χ2n) is 8.30. The molecular weight excluding hydrogens is 320 g/mol. The van der Waals surface area contributed by atoms with Gasteiger partial charge in [0.2, 0.25) is 11.8 Å². The molecule has 1 aromatic carbocycles. The summed E-state index contributed by atoms with van der Waals surface area (Å²) in [7, 11) is 0. The maximum absolute atomic E-state index is 12.3. The number of nitrogens with one attached hydrogen (secondary N) is 2. The third-order valence-corrected chi connectivity index (χ3v) is 4.16. The molecule has 0 aliphatic heterocycles. The Morgan fingerprint density at radius 1 is 1.00 bits per heavy atom. The predicted octanol–water partition coefficient (Wildman–Crippen LogP) is 1.44. The van der Waals surface area contributed by atoms with E-state index in [2.05, 4.69) is 5.43 Å². The summed E-state index contributed by atoms with van der Waals surface area (Å²) in [4.78, 5) is 24.0. The average Bonchev–Trinajstić information content (AvgIpc) is 2.49. The highest BCUT2D eigenvalue weighted by molar-refractivity contribution is 5.89. The largest absolute Gasteiger partial charge is 0.507 e. The summed E-state index contributed by atoms with van der Waals surface area (Å²) >= 11 is 0. The first-order valence-electron chi connectivity index (χ1n) is 8.20. The van der Waals surface area contributed by atoms with Crippen molar-refractivity contribution in [3.05, 3.63) is 28.8 Å². The molecule has 1 aromatic rings. The second-order valence-corrected chi connectivity index (χ2v) is 8.30. The number of amides is 2. The van der Waals surface area contributed by atoms with Crippen LogP contribution >= 0.6 is 0 Å². The van der Waals surface area contributed by atoms with E-state index in [1.807, 2.05) is 47.0 Å². The fourth-order valence-corrected chi connectivity index (χ4v) is 2.71. The van der Waals surface area contributed by atoms with Crippen molar-refractivity contribution in [3.8, 4) is 5.75 Å². The van der Waals surface area contributed by atoms with Crippen molar-refractivity contribution in [2.24, 2.45) is 11.7 Å². The van der Waals surface area contributed by atoms with Crippen molar-refractivity contribution >= 4 is 11.8 Å². The summed E-state index contributed by atoms with van der Waals surface area (Å²) in [6.07, 6.45) is -0.141. The van der Waals surface area contributed by atoms with Crippen LogP contribution in [0.2, 0.25) is 0 Å². The van der Waals surface area contributed by atoms with Crippen LogP contribution in [0.1, 0.15) is 70.6 Å². The van der Waals surface area contributed by atoms with E-state index in [0.717, 1.165) is 0 Å². The average molecular weight is 350 g/mol. The van der Waals surface area contributed by atoms with Crippen LogP contribution < -0.4 is 22.5 Å². The summed E-state index contributed by atoms with van der Waals surface area (Å²) in [5.41, 5.74) is 5.47. The molecule has 25 heavy (non-hydrogen) atoms. The van der Waals surface area contributed by atoms with Crippen LogP contribution in [0.25, 0.3) is 0 Å². The summed E-state index contributed by atoms with van der Waals surface area (Å²) in [6.45, 7) is 11.9. The quantitative estimate of drug-likeness (QED) is 0.319. The molecule has 0 spiro atoms. The minimum Gasteiger partial charge on any atom is -0.507 e. The lowest BCUT2D eigenvalue weighted by Crippen LogP contribution is -2.39. The van der Waals surface area contributed by atoms with Crippen molar-refractivity contribution in [2.45, 2.75) is 64.7 Å². The summed E-state index contributed by atoms with van der Waals surface area (Å²) in [5, 5.41) is 10.8. The van der Waals surface area contributed by atoms with Crippen molar-refractivity contribution < 1.29 is 14.7 Å². The fraction of sp³-hybridized carbons (Fsp3) is 0.556. The van der Waals surface area contributed by atoms with E-state index in [1.54, 1.807) is 12.1 Å². The number of carbonyl (C=O) groups is 2. The minimum atomic E-state index is -0.809. The van der Waals surface area contributed by atoms with Gasteiger partial charge >= 0.3 is 0 Å². The Hall–Kier alpha value is -2.12. The van der Waals surface area contributed by atoms with E-state index in [1.165, 1.54) is 0 Å². The fourth-order valence-electron chi connectivity index (χ4n) is 2.71. The summed E-state index contributed by atoms with van der Waals surface area (Å²) in [6, 6.07) is 3.52. The van der Waals surface area contributed by atoms with Gasteiger partial charge in [-0.15, -0.1) is 0 Å². The molecule has 0 fully saturated rings. The number of nitrogens with two attached hydrogens (primary N) is 2. The van der Waals surface area contributed by atoms with Crippen molar-refractivity contribution in [1.82, 2.24) is 10.9 Å². The van der Waals surface area contributed by atoms with Gasteiger partial charge in [-0.05, 0) is 27.5 Å². The number of phenolic OH excluding ortho intramolecular Hbond substituents is 1. The molecule has 1 rings (SSSR count). The van der Waals surface area contributed by atoms with E-state index in [-0.39, 0.29) is 23.0 Å². The first-order valence-corrected chi connectivity index (χ1v) is 8.20. The molecular formula is C18H30N4O3. The predicted molar refractivity (Wildman–Crippen MR) is 97.5 cm³/mol. The Morgan fingerprint density at radius 3 is 1.76 bits per heavy atom. The van der Waals surface area contributed by atoms with Crippen LogP contribution in [0.3, 0.4) is 0 Å². The lowest BCUT2D eigenvalue weighted by atomic mass is 9.76. The van der Waals surface area contributed by atoms with Gasteiger partial charge in [-0.1, -0.05) is 53.7 Å². The van der Waals surface area contributed by atoms with Gasteiger partial charge in [-0.25, -0.2) is 11.7 Å². The van der Waals surface area contributed by atoms with Gasteiger partial charge in [0, 0.05) is 6.42 Å². The molecule has 0 aliphatic carbocycles. The van der Waals surface area contributed by atoms with Crippen LogP contribution in [-0.4, -0.2) is 16.9 Å². The molecule has 0 aromatic heterocycles. The molecule has 0 saturated heterocycles. The van der Waals surface area contributed by atoms with Crippen LogP contribution in [0.5, 0.6) is 5.75 Å². The van der Waals surface area contributed by atoms with Crippen LogP contribution in [0.4, 0.5) is 0 Å². The smallest absolute Gasteiger partial charge is 0.241 e. The first-order chi connectivity index (χ1) is 11.3. The molecule has 1 atom stereocenters. The number of phenols is 1. The Bertz CT molecular complexity index is 622. The zero-order chi connectivity index (χ0) is 19.6. The summed E-state index contributed by atoms with van der Waals surface area (Å²) in [5.74, 6) is 8.88. The zero-order valence-corrected chi connectivity index (χ0v) is 15.9. The molecule has 0 bridgehead atoms. The molecule has 7 heteroatoms. The van der Waals surface area contributed by atoms with Gasteiger partial charge in [0.1, 0.15) is 5.75 Å². The van der Waals surface area contributed by atoms with E-state index < -0.39 is 17.7 Å². The van der Waals surface area contributed by atoms with E-state index >= 15 is 0 Å². The number of carbonyl (C=O) groups excluding carboxylic acids is 2. The normalized spacial score (nSPS) is 13.3. The highest BCUT2D eigenvalue weighted by atomic mass is 16.3. The second kappa shape index (κ2) is 7.41. The Kier molecular flexibility index (Phi) is 6.20. The first kappa shape index (κ1) is 20.9. The van der Waals surface area contributed by atoms with Gasteiger partial charge in [0.25, 0.3) is 0 Å². The van der Waals surface area contributed by atoms with Crippen LogP contribution in [0, 0.1) is 0 Å². The summed E-state index contributed by atoms with van der Waals surface area (Å²) < 4.78 is 0.